The molecule has 1 aromatic heterocycles. The fourth-order valence-corrected chi connectivity index (χ4v) is 2.47. The number of piperazine rings is 1. The fourth-order valence-electron chi connectivity index (χ4n) is 2.47. The predicted molar refractivity (Wildman–Crippen MR) is 80.2 cm³/mol. The number of pyridine rings is 1. The molecule has 4 nitrogen and oxygen atoms in total. The van der Waals surface area contributed by atoms with E-state index >= 15 is 0 Å². The summed E-state index contributed by atoms with van der Waals surface area (Å²) in [5.74, 6) is 0.925. The molecule has 1 aliphatic rings. The molecule has 1 amide bonds. The topological polar surface area (TPSA) is 36.4 Å². The summed E-state index contributed by atoms with van der Waals surface area (Å²) in [4.78, 5) is 20.5. The zero-order valence-corrected chi connectivity index (χ0v) is 12.6. The Morgan fingerprint density at radius 2 is 1.85 bits per heavy atom. The quantitative estimate of drug-likeness (QED) is 0.826. The second-order valence-electron chi connectivity index (χ2n) is 5.94. The monoisotopic (exact) mass is 275 g/mol. The van der Waals surface area contributed by atoms with Gasteiger partial charge in [0.15, 0.2) is 0 Å². The molecule has 0 saturated carbocycles. The van der Waals surface area contributed by atoms with Crippen LogP contribution in [0.4, 0.5) is 0 Å². The van der Waals surface area contributed by atoms with E-state index in [1.54, 1.807) is 0 Å². The van der Waals surface area contributed by atoms with Crippen molar-refractivity contribution in [3.05, 3.63) is 30.1 Å². The van der Waals surface area contributed by atoms with Crippen molar-refractivity contribution in [3.8, 4) is 0 Å². The molecule has 1 aliphatic heterocycles. The van der Waals surface area contributed by atoms with Gasteiger partial charge in [-0.15, -0.1) is 0 Å². The summed E-state index contributed by atoms with van der Waals surface area (Å²) in [5.41, 5.74) is 1.29. The molecular formula is C16H25N3O. The first-order valence-electron chi connectivity index (χ1n) is 7.54. The largest absolute Gasteiger partial charge is 0.340 e. The number of amides is 1. The minimum Gasteiger partial charge on any atom is -0.340 e. The van der Waals surface area contributed by atoms with Crippen molar-refractivity contribution in [1.82, 2.24) is 14.8 Å². The van der Waals surface area contributed by atoms with Crippen molar-refractivity contribution in [2.45, 2.75) is 33.2 Å². The normalized spacial score (nSPS) is 16.6. The number of carbonyl (C=O) groups is 1. The number of hydrogen-bond donors (Lipinski definition) is 0. The maximum Gasteiger partial charge on any atom is 0.222 e. The van der Waals surface area contributed by atoms with Crippen LogP contribution in [0.2, 0.25) is 0 Å². The Labute approximate surface area is 121 Å². The van der Waals surface area contributed by atoms with E-state index < -0.39 is 0 Å². The van der Waals surface area contributed by atoms with E-state index in [9.17, 15) is 4.79 Å². The van der Waals surface area contributed by atoms with Crippen LogP contribution in [0, 0.1) is 5.92 Å². The Morgan fingerprint density at radius 1 is 1.20 bits per heavy atom. The average molecular weight is 275 g/mol. The molecule has 0 unspecified atom stereocenters. The number of hydrogen-bond acceptors (Lipinski definition) is 3. The summed E-state index contributed by atoms with van der Waals surface area (Å²) in [5, 5.41) is 0. The molecule has 110 valence electrons. The van der Waals surface area contributed by atoms with Crippen LogP contribution in [-0.2, 0) is 11.3 Å². The highest BCUT2D eigenvalue weighted by molar-refractivity contribution is 5.76. The molecule has 20 heavy (non-hydrogen) atoms. The molecule has 1 aromatic rings. The number of carbonyl (C=O) groups excluding carboxylic acids is 1. The molecule has 1 saturated heterocycles. The Kier molecular flexibility index (Phi) is 5.53. The average Bonchev–Trinajstić information content (AvgIpc) is 2.46. The van der Waals surface area contributed by atoms with E-state index in [0.717, 1.165) is 39.1 Å². The van der Waals surface area contributed by atoms with Crippen LogP contribution in [0.3, 0.4) is 0 Å². The Hall–Kier alpha value is -1.42. The summed E-state index contributed by atoms with van der Waals surface area (Å²) >= 11 is 0. The summed E-state index contributed by atoms with van der Waals surface area (Å²) in [6, 6.07) is 4.11. The van der Waals surface area contributed by atoms with Crippen LogP contribution >= 0.6 is 0 Å². The lowest BCUT2D eigenvalue weighted by Crippen LogP contribution is -2.48. The third-order valence-electron chi connectivity index (χ3n) is 3.82. The highest BCUT2D eigenvalue weighted by Gasteiger charge is 2.20. The lowest BCUT2D eigenvalue weighted by Gasteiger charge is -2.35. The first-order chi connectivity index (χ1) is 9.65. The van der Waals surface area contributed by atoms with Crippen LogP contribution in [0.15, 0.2) is 24.5 Å². The van der Waals surface area contributed by atoms with Crippen molar-refractivity contribution >= 4 is 5.91 Å². The van der Waals surface area contributed by atoms with Crippen molar-refractivity contribution in [2.75, 3.05) is 26.2 Å². The Balaban J connectivity index is 1.73. The lowest BCUT2D eigenvalue weighted by atomic mass is 10.1. The van der Waals surface area contributed by atoms with Crippen molar-refractivity contribution < 1.29 is 4.79 Å². The van der Waals surface area contributed by atoms with Gasteiger partial charge < -0.3 is 4.90 Å². The summed E-state index contributed by atoms with van der Waals surface area (Å²) in [7, 11) is 0. The second kappa shape index (κ2) is 7.39. The minimum absolute atomic E-state index is 0.322. The smallest absolute Gasteiger partial charge is 0.222 e. The first kappa shape index (κ1) is 15.0. The molecule has 0 aromatic carbocycles. The number of rotatable bonds is 5. The second-order valence-corrected chi connectivity index (χ2v) is 5.94. The third-order valence-corrected chi connectivity index (χ3v) is 3.82. The Morgan fingerprint density at radius 3 is 2.45 bits per heavy atom. The molecule has 0 bridgehead atoms. The van der Waals surface area contributed by atoms with Gasteiger partial charge in [0.05, 0.1) is 0 Å². The molecule has 0 atom stereocenters. The zero-order valence-electron chi connectivity index (χ0n) is 12.6. The SMILES string of the molecule is CC(C)CCC(=O)N1CCN(Cc2ccncc2)CC1. The van der Waals surface area contributed by atoms with Crippen LogP contribution in [0.5, 0.6) is 0 Å². The van der Waals surface area contributed by atoms with Gasteiger partial charge in [0, 0.05) is 51.5 Å². The molecule has 0 N–H and O–H groups in total. The predicted octanol–water partition coefficient (Wildman–Crippen LogP) is 2.16. The third kappa shape index (κ3) is 4.60. The number of aromatic nitrogens is 1. The Bertz CT molecular complexity index is 411. The summed E-state index contributed by atoms with van der Waals surface area (Å²) < 4.78 is 0. The van der Waals surface area contributed by atoms with Crippen LogP contribution in [0.1, 0.15) is 32.3 Å². The van der Waals surface area contributed by atoms with E-state index in [1.807, 2.05) is 17.3 Å². The zero-order chi connectivity index (χ0) is 14.4. The molecule has 1 fully saturated rings. The highest BCUT2D eigenvalue weighted by atomic mass is 16.2. The van der Waals surface area contributed by atoms with Crippen LogP contribution in [0.25, 0.3) is 0 Å². The van der Waals surface area contributed by atoms with Crippen molar-refractivity contribution in [3.63, 3.8) is 0 Å². The van der Waals surface area contributed by atoms with E-state index in [1.165, 1.54) is 5.56 Å². The van der Waals surface area contributed by atoms with E-state index in [-0.39, 0.29) is 0 Å². The van der Waals surface area contributed by atoms with E-state index in [2.05, 4.69) is 35.9 Å². The summed E-state index contributed by atoms with van der Waals surface area (Å²) in [6.45, 7) is 8.95. The molecular weight excluding hydrogens is 250 g/mol. The highest BCUT2D eigenvalue weighted by Crippen LogP contribution is 2.11. The van der Waals surface area contributed by atoms with Gasteiger partial charge >= 0.3 is 0 Å². The van der Waals surface area contributed by atoms with Crippen LogP contribution < -0.4 is 0 Å². The first-order valence-corrected chi connectivity index (χ1v) is 7.54. The van der Waals surface area contributed by atoms with Gasteiger partial charge in [0.1, 0.15) is 0 Å². The van der Waals surface area contributed by atoms with Gasteiger partial charge in [-0.05, 0) is 30.0 Å². The van der Waals surface area contributed by atoms with E-state index in [4.69, 9.17) is 0 Å². The van der Waals surface area contributed by atoms with Gasteiger partial charge in [-0.25, -0.2) is 0 Å². The summed E-state index contributed by atoms with van der Waals surface area (Å²) in [6.07, 6.45) is 5.36. The molecule has 4 heteroatoms. The maximum absolute atomic E-state index is 12.1. The van der Waals surface area contributed by atoms with Crippen molar-refractivity contribution in [1.29, 1.82) is 0 Å². The van der Waals surface area contributed by atoms with Gasteiger partial charge in [0.2, 0.25) is 5.91 Å². The van der Waals surface area contributed by atoms with E-state index in [0.29, 0.717) is 18.2 Å². The lowest BCUT2D eigenvalue weighted by molar-refractivity contribution is -0.133. The van der Waals surface area contributed by atoms with Gasteiger partial charge in [-0.2, -0.15) is 0 Å². The minimum atomic E-state index is 0.322. The van der Waals surface area contributed by atoms with Gasteiger partial charge in [0.25, 0.3) is 0 Å². The molecule has 2 heterocycles. The standard InChI is InChI=1S/C16H25N3O/c1-14(2)3-4-16(20)19-11-9-18(10-12-19)13-15-5-7-17-8-6-15/h5-8,14H,3-4,9-13H2,1-2H3. The fraction of sp³-hybridized carbons (Fsp3) is 0.625. The van der Waals surface area contributed by atoms with Gasteiger partial charge in [-0.1, -0.05) is 13.8 Å². The molecule has 0 aliphatic carbocycles. The number of nitrogens with zero attached hydrogens (tertiary/aromatic N) is 3. The molecule has 0 radical (unpaired) electrons. The van der Waals surface area contributed by atoms with Gasteiger partial charge in [-0.3, -0.25) is 14.7 Å². The van der Waals surface area contributed by atoms with Crippen molar-refractivity contribution in [2.24, 2.45) is 5.92 Å². The molecule has 2 rings (SSSR count). The van der Waals surface area contributed by atoms with Crippen LogP contribution in [-0.4, -0.2) is 46.9 Å². The molecule has 0 spiro atoms. The maximum atomic E-state index is 12.1.